The smallest absolute Gasteiger partial charge is 0.0412 e. The van der Waals surface area contributed by atoms with Crippen molar-refractivity contribution in [3.05, 3.63) is 28.8 Å². The molecule has 1 aromatic rings. The Hall–Kier alpha value is -0.730. The number of rotatable bonds is 5. The highest BCUT2D eigenvalue weighted by molar-refractivity contribution is 6.30. The summed E-state index contributed by atoms with van der Waals surface area (Å²) in [6.45, 7) is 11.2. The van der Waals surface area contributed by atoms with E-state index in [1.807, 2.05) is 6.07 Å². The fraction of sp³-hybridized carbons (Fsp3) is 0.647. The molecule has 112 valence electrons. The first-order chi connectivity index (χ1) is 9.52. The van der Waals surface area contributed by atoms with E-state index in [1.54, 1.807) is 0 Å². The molecule has 0 amide bonds. The second-order valence-corrected chi connectivity index (χ2v) is 7.04. The van der Waals surface area contributed by atoms with E-state index >= 15 is 0 Å². The summed E-state index contributed by atoms with van der Waals surface area (Å²) >= 11 is 6.17. The summed E-state index contributed by atoms with van der Waals surface area (Å²) in [5.74, 6) is 0. The Bertz CT molecular complexity index is 433. The van der Waals surface area contributed by atoms with Crippen molar-refractivity contribution in [1.82, 2.24) is 5.32 Å². The van der Waals surface area contributed by atoms with Gasteiger partial charge in [0, 0.05) is 30.3 Å². The molecule has 1 N–H and O–H groups in total. The van der Waals surface area contributed by atoms with E-state index in [4.69, 9.17) is 11.6 Å². The third-order valence-electron chi connectivity index (χ3n) is 4.24. The average Bonchev–Trinajstić information content (AvgIpc) is 2.40. The molecule has 0 bridgehead atoms. The molecule has 0 atom stereocenters. The van der Waals surface area contributed by atoms with Crippen molar-refractivity contribution in [3.8, 4) is 0 Å². The molecule has 0 unspecified atom stereocenters. The predicted molar refractivity (Wildman–Crippen MR) is 88.7 cm³/mol. The van der Waals surface area contributed by atoms with Gasteiger partial charge in [-0.05, 0) is 55.0 Å². The van der Waals surface area contributed by atoms with Gasteiger partial charge in [-0.2, -0.15) is 0 Å². The van der Waals surface area contributed by atoms with Gasteiger partial charge in [0.2, 0.25) is 0 Å². The molecule has 2 rings (SSSR count). The van der Waals surface area contributed by atoms with E-state index in [-0.39, 0.29) is 0 Å². The molecule has 1 aromatic carbocycles. The number of hydrogen-bond acceptors (Lipinski definition) is 2. The summed E-state index contributed by atoms with van der Waals surface area (Å²) in [5, 5.41) is 4.32. The highest BCUT2D eigenvalue weighted by Crippen LogP contribution is 2.34. The Kier molecular flexibility index (Phi) is 5.34. The molecule has 1 aliphatic heterocycles. The predicted octanol–water partition coefficient (Wildman–Crippen LogP) is 4.47. The molecule has 0 spiro atoms. The van der Waals surface area contributed by atoms with Gasteiger partial charge in [-0.1, -0.05) is 32.4 Å². The summed E-state index contributed by atoms with van der Waals surface area (Å²) < 4.78 is 0. The number of anilines is 1. The van der Waals surface area contributed by atoms with E-state index in [9.17, 15) is 0 Å². The van der Waals surface area contributed by atoms with E-state index in [0.29, 0.717) is 5.41 Å². The van der Waals surface area contributed by atoms with Gasteiger partial charge in [-0.3, -0.25) is 0 Å². The van der Waals surface area contributed by atoms with Crippen LogP contribution in [0.5, 0.6) is 0 Å². The van der Waals surface area contributed by atoms with Crippen LogP contribution >= 0.6 is 11.6 Å². The second-order valence-electron chi connectivity index (χ2n) is 6.60. The van der Waals surface area contributed by atoms with Crippen LogP contribution in [0.3, 0.4) is 0 Å². The average molecular weight is 295 g/mol. The number of halogens is 1. The standard InChI is InChI=1S/C17H27ClN2/c1-4-9-19-13-14-12-15(18)5-6-16(14)20-10-7-17(2,3)8-11-20/h5-6,12,19H,4,7-11,13H2,1-3H3. The molecule has 2 nitrogen and oxygen atoms in total. The van der Waals surface area contributed by atoms with Crippen molar-refractivity contribution in [2.45, 2.75) is 46.6 Å². The zero-order valence-corrected chi connectivity index (χ0v) is 13.8. The maximum Gasteiger partial charge on any atom is 0.0412 e. The summed E-state index contributed by atoms with van der Waals surface area (Å²) in [7, 11) is 0. The zero-order chi connectivity index (χ0) is 14.6. The van der Waals surface area contributed by atoms with Crippen molar-refractivity contribution in [2.75, 3.05) is 24.5 Å². The quantitative estimate of drug-likeness (QED) is 0.806. The third-order valence-corrected chi connectivity index (χ3v) is 4.48. The van der Waals surface area contributed by atoms with Gasteiger partial charge in [0.05, 0.1) is 0 Å². The number of piperidine rings is 1. The minimum Gasteiger partial charge on any atom is -0.371 e. The molecule has 0 radical (unpaired) electrons. The lowest BCUT2D eigenvalue weighted by molar-refractivity contribution is 0.279. The Morgan fingerprint density at radius 3 is 2.60 bits per heavy atom. The van der Waals surface area contributed by atoms with Crippen molar-refractivity contribution in [2.24, 2.45) is 5.41 Å². The Morgan fingerprint density at radius 1 is 1.25 bits per heavy atom. The first-order valence-electron chi connectivity index (χ1n) is 7.76. The molecule has 0 saturated carbocycles. The summed E-state index contributed by atoms with van der Waals surface area (Å²) in [6.07, 6.45) is 3.68. The van der Waals surface area contributed by atoms with Crippen molar-refractivity contribution >= 4 is 17.3 Å². The summed E-state index contributed by atoms with van der Waals surface area (Å²) in [6, 6.07) is 6.31. The molecule has 0 aromatic heterocycles. The molecule has 1 fully saturated rings. The SMILES string of the molecule is CCCNCc1cc(Cl)ccc1N1CCC(C)(C)CC1. The molecular formula is C17H27ClN2. The van der Waals surface area contributed by atoms with E-state index < -0.39 is 0 Å². The lowest BCUT2D eigenvalue weighted by atomic mass is 9.82. The minimum atomic E-state index is 0.490. The molecule has 20 heavy (non-hydrogen) atoms. The van der Waals surface area contributed by atoms with Gasteiger partial charge in [0.1, 0.15) is 0 Å². The molecule has 3 heteroatoms. The van der Waals surface area contributed by atoms with Crippen molar-refractivity contribution in [1.29, 1.82) is 0 Å². The Morgan fingerprint density at radius 2 is 1.95 bits per heavy atom. The Labute approximate surface area is 128 Å². The minimum absolute atomic E-state index is 0.490. The van der Waals surface area contributed by atoms with Crippen LogP contribution in [-0.2, 0) is 6.54 Å². The fourth-order valence-corrected chi connectivity index (χ4v) is 2.95. The molecule has 1 saturated heterocycles. The van der Waals surface area contributed by atoms with Gasteiger partial charge in [-0.15, -0.1) is 0 Å². The van der Waals surface area contributed by atoms with Gasteiger partial charge in [0.25, 0.3) is 0 Å². The number of benzene rings is 1. The van der Waals surface area contributed by atoms with Crippen LogP contribution in [0.4, 0.5) is 5.69 Å². The maximum atomic E-state index is 6.17. The lowest BCUT2D eigenvalue weighted by Gasteiger charge is -2.39. The number of nitrogens with one attached hydrogen (secondary N) is 1. The largest absolute Gasteiger partial charge is 0.371 e. The monoisotopic (exact) mass is 294 g/mol. The zero-order valence-electron chi connectivity index (χ0n) is 13.0. The topological polar surface area (TPSA) is 15.3 Å². The lowest BCUT2D eigenvalue weighted by Crippen LogP contribution is -2.38. The summed E-state index contributed by atoms with van der Waals surface area (Å²) in [5.41, 5.74) is 3.17. The van der Waals surface area contributed by atoms with Gasteiger partial charge >= 0.3 is 0 Å². The van der Waals surface area contributed by atoms with Gasteiger partial charge in [-0.25, -0.2) is 0 Å². The van der Waals surface area contributed by atoms with Gasteiger partial charge in [0.15, 0.2) is 0 Å². The van der Waals surface area contributed by atoms with Crippen LogP contribution in [0, 0.1) is 5.41 Å². The second kappa shape index (κ2) is 6.82. The highest BCUT2D eigenvalue weighted by atomic mass is 35.5. The third kappa shape index (κ3) is 4.13. The van der Waals surface area contributed by atoms with Crippen LogP contribution in [0.15, 0.2) is 18.2 Å². The van der Waals surface area contributed by atoms with E-state index in [2.05, 4.69) is 43.1 Å². The normalized spacial score (nSPS) is 18.3. The van der Waals surface area contributed by atoms with E-state index in [0.717, 1.165) is 37.6 Å². The fourth-order valence-electron chi connectivity index (χ4n) is 2.76. The van der Waals surface area contributed by atoms with Crippen molar-refractivity contribution < 1.29 is 0 Å². The van der Waals surface area contributed by atoms with Crippen LogP contribution in [0.25, 0.3) is 0 Å². The highest BCUT2D eigenvalue weighted by Gasteiger charge is 2.26. The van der Waals surface area contributed by atoms with Crippen LogP contribution < -0.4 is 10.2 Å². The van der Waals surface area contributed by atoms with Crippen LogP contribution in [0.2, 0.25) is 5.02 Å². The van der Waals surface area contributed by atoms with Gasteiger partial charge < -0.3 is 10.2 Å². The molecule has 1 heterocycles. The number of nitrogens with zero attached hydrogens (tertiary/aromatic N) is 1. The Balaban J connectivity index is 2.10. The molecule has 0 aliphatic carbocycles. The van der Waals surface area contributed by atoms with Crippen LogP contribution in [-0.4, -0.2) is 19.6 Å². The van der Waals surface area contributed by atoms with Crippen molar-refractivity contribution in [3.63, 3.8) is 0 Å². The number of hydrogen-bond donors (Lipinski definition) is 1. The molecule has 1 aliphatic rings. The van der Waals surface area contributed by atoms with Crippen LogP contribution in [0.1, 0.15) is 45.6 Å². The summed E-state index contributed by atoms with van der Waals surface area (Å²) in [4.78, 5) is 2.52. The van der Waals surface area contributed by atoms with E-state index in [1.165, 1.54) is 24.1 Å². The first kappa shape index (κ1) is 15.7. The molecular weight excluding hydrogens is 268 g/mol. The maximum absolute atomic E-state index is 6.17. The first-order valence-corrected chi connectivity index (χ1v) is 8.14.